The summed E-state index contributed by atoms with van der Waals surface area (Å²) >= 11 is 0. The number of hydrogen-bond donors (Lipinski definition) is 1. The molecule has 5 heteroatoms. The molecule has 0 aliphatic carbocycles. The lowest BCUT2D eigenvalue weighted by Crippen LogP contribution is -2.42. The minimum absolute atomic E-state index is 0.0539. The molecule has 2 bridgehead atoms. The highest BCUT2D eigenvalue weighted by Gasteiger charge is 2.34. The third-order valence-electron chi connectivity index (χ3n) is 4.55. The lowest BCUT2D eigenvalue weighted by Gasteiger charge is -2.27. The molecule has 2 saturated heterocycles. The predicted molar refractivity (Wildman–Crippen MR) is 82.5 cm³/mol. The van der Waals surface area contributed by atoms with E-state index in [0.717, 1.165) is 30.6 Å². The van der Waals surface area contributed by atoms with Crippen LogP contribution in [0.1, 0.15) is 24.8 Å². The van der Waals surface area contributed by atoms with Crippen LogP contribution in [0, 0.1) is 5.92 Å². The van der Waals surface area contributed by atoms with E-state index in [9.17, 15) is 9.59 Å². The molecule has 2 amide bonds. The number of rotatable bonds is 3. The topological polar surface area (TPSA) is 58.6 Å². The highest BCUT2D eigenvalue weighted by atomic mass is 16.5. The Bertz CT molecular complexity index is 573. The molecule has 2 fully saturated rings. The van der Waals surface area contributed by atoms with E-state index in [0.29, 0.717) is 19.5 Å². The van der Waals surface area contributed by atoms with Crippen LogP contribution >= 0.6 is 0 Å². The first-order chi connectivity index (χ1) is 10.7. The van der Waals surface area contributed by atoms with Crippen molar-refractivity contribution in [3.63, 3.8) is 0 Å². The predicted octanol–water partition coefficient (Wildman–Crippen LogP) is 1.36. The van der Waals surface area contributed by atoms with Gasteiger partial charge in [0.15, 0.2) is 0 Å². The Hall–Kier alpha value is -2.04. The van der Waals surface area contributed by atoms with Gasteiger partial charge in [0.25, 0.3) is 0 Å². The number of carbonyl (C=O) groups is 2. The molecule has 0 radical (unpaired) electrons. The number of benzene rings is 1. The molecule has 2 aliphatic rings. The van der Waals surface area contributed by atoms with Crippen LogP contribution in [0.4, 0.5) is 0 Å². The fourth-order valence-corrected chi connectivity index (χ4v) is 3.32. The number of nitrogens with one attached hydrogen (secondary N) is 1. The molecule has 2 atom stereocenters. The number of likely N-dealkylation sites (tertiary alicyclic amines) is 1. The number of ether oxygens (including phenoxy) is 1. The molecule has 1 N–H and O–H groups in total. The Morgan fingerprint density at radius 2 is 2.23 bits per heavy atom. The van der Waals surface area contributed by atoms with Gasteiger partial charge < -0.3 is 15.0 Å². The van der Waals surface area contributed by atoms with Crippen LogP contribution in [0.2, 0.25) is 0 Å². The number of nitrogens with zero attached hydrogens (tertiary/aromatic N) is 1. The van der Waals surface area contributed by atoms with Crippen LogP contribution in [0.15, 0.2) is 24.3 Å². The molecule has 3 rings (SSSR count). The summed E-state index contributed by atoms with van der Waals surface area (Å²) in [4.78, 5) is 26.5. The van der Waals surface area contributed by atoms with Crippen molar-refractivity contribution in [2.24, 2.45) is 5.92 Å². The van der Waals surface area contributed by atoms with Crippen molar-refractivity contribution in [1.82, 2.24) is 10.2 Å². The summed E-state index contributed by atoms with van der Waals surface area (Å²) in [7, 11) is 1.62. The van der Waals surface area contributed by atoms with Crippen molar-refractivity contribution >= 4 is 11.8 Å². The zero-order chi connectivity index (χ0) is 15.5. The van der Waals surface area contributed by atoms with E-state index in [2.05, 4.69) is 5.32 Å². The Balaban J connectivity index is 1.70. The van der Waals surface area contributed by atoms with Crippen LogP contribution in [0.3, 0.4) is 0 Å². The Labute approximate surface area is 130 Å². The number of hydrogen-bond acceptors (Lipinski definition) is 3. The van der Waals surface area contributed by atoms with Gasteiger partial charge in [0.2, 0.25) is 11.8 Å². The highest BCUT2D eigenvalue weighted by Crippen LogP contribution is 2.22. The second-order valence-corrected chi connectivity index (χ2v) is 6.16. The zero-order valence-corrected chi connectivity index (χ0v) is 12.9. The summed E-state index contributed by atoms with van der Waals surface area (Å²) in [5.41, 5.74) is 0.943. The molecular weight excluding hydrogens is 280 g/mol. The second-order valence-electron chi connectivity index (χ2n) is 6.16. The summed E-state index contributed by atoms with van der Waals surface area (Å²) in [6.07, 6.45) is 3.26. The van der Waals surface area contributed by atoms with Crippen LogP contribution in [-0.4, -0.2) is 43.0 Å². The largest absolute Gasteiger partial charge is 0.497 e. The highest BCUT2D eigenvalue weighted by molar-refractivity contribution is 5.83. The molecule has 2 heterocycles. The Morgan fingerprint density at radius 1 is 1.36 bits per heavy atom. The number of carbonyl (C=O) groups excluding carboxylic acids is 2. The van der Waals surface area contributed by atoms with E-state index >= 15 is 0 Å². The maximum Gasteiger partial charge on any atom is 0.227 e. The van der Waals surface area contributed by atoms with Gasteiger partial charge in [-0.05, 0) is 30.5 Å². The molecule has 0 saturated carbocycles. The molecule has 1 aromatic carbocycles. The minimum atomic E-state index is -0.0539. The van der Waals surface area contributed by atoms with Crippen LogP contribution in [-0.2, 0) is 16.0 Å². The lowest BCUT2D eigenvalue weighted by atomic mass is 9.99. The van der Waals surface area contributed by atoms with E-state index in [-0.39, 0.29) is 23.8 Å². The van der Waals surface area contributed by atoms with Gasteiger partial charge >= 0.3 is 0 Å². The van der Waals surface area contributed by atoms with Crippen molar-refractivity contribution < 1.29 is 14.3 Å². The van der Waals surface area contributed by atoms with E-state index in [4.69, 9.17) is 4.74 Å². The van der Waals surface area contributed by atoms with Gasteiger partial charge in [0.05, 0.1) is 19.4 Å². The smallest absolute Gasteiger partial charge is 0.227 e. The maximum absolute atomic E-state index is 12.6. The maximum atomic E-state index is 12.6. The standard InChI is InChI=1S/C17H22N2O3/c1-22-15-7-2-4-12(8-15)9-16(20)19-10-13-5-3-6-14(11-19)18-17(13)21/h2,4,7-8,13-14H,3,5-6,9-11H2,1H3,(H,18,21)/t13-,14+/m1/s1. The molecule has 1 aromatic rings. The molecule has 2 aliphatic heterocycles. The number of amides is 2. The van der Waals surface area contributed by atoms with Crippen LogP contribution in [0.25, 0.3) is 0 Å². The summed E-state index contributed by atoms with van der Waals surface area (Å²) in [5, 5.41) is 3.05. The minimum Gasteiger partial charge on any atom is -0.497 e. The Kier molecular flexibility index (Phi) is 4.32. The van der Waals surface area contributed by atoms with E-state index in [1.54, 1.807) is 7.11 Å². The molecule has 118 valence electrons. The van der Waals surface area contributed by atoms with E-state index in [1.165, 1.54) is 0 Å². The van der Waals surface area contributed by atoms with Crippen molar-refractivity contribution in [2.75, 3.05) is 20.2 Å². The Morgan fingerprint density at radius 3 is 3.05 bits per heavy atom. The summed E-state index contributed by atoms with van der Waals surface area (Å²) in [5.74, 6) is 0.900. The first-order valence-corrected chi connectivity index (χ1v) is 7.87. The van der Waals surface area contributed by atoms with Crippen molar-refractivity contribution in [1.29, 1.82) is 0 Å². The van der Waals surface area contributed by atoms with Gasteiger partial charge in [-0.1, -0.05) is 18.6 Å². The SMILES string of the molecule is COc1cccc(CC(=O)N2C[C@@H]3CCC[C@H](C2)C(=O)N3)c1. The fraction of sp³-hybridized carbons (Fsp3) is 0.529. The summed E-state index contributed by atoms with van der Waals surface area (Å²) in [6, 6.07) is 7.69. The summed E-state index contributed by atoms with van der Waals surface area (Å²) in [6.45, 7) is 1.18. The number of methoxy groups -OCH3 is 1. The lowest BCUT2D eigenvalue weighted by molar-refractivity contribution is -0.131. The molecule has 22 heavy (non-hydrogen) atoms. The fourth-order valence-electron chi connectivity index (χ4n) is 3.32. The molecule has 5 nitrogen and oxygen atoms in total. The van der Waals surface area contributed by atoms with Crippen LogP contribution in [0.5, 0.6) is 5.75 Å². The van der Waals surface area contributed by atoms with Gasteiger partial charge in [0.1, 0.15) is 5.75 Å². The van der Waals surface area contributed by atoms with Gasteiger partial charge in [0, 0.05) is 19.1 Å². The number of fused-ring (bicyclic) bond motifs is 3. The average molecular weight is 302 g/mol. The van der Waals surface area contributed by atoms with Crippen molar-refractivity contribution in [3.05, 3.63) is 29.8 Å². The third kappa shape index (κ3) is 3.24. The van der Waals surface area contributed by atoms with Gasteiger partial charge in [-0.25, -0.2) is 0 Å². The first kappa shape index (κ1) is 14.9. The molecule has 0 unspecified atom stereocenters. The zero-order valence-electron chi connectivity index (χ0n) is 12.9. The van der Waals surface area contributed by atoms with Crippen molar-refractivity contribution in [2.45, 2.75) is 31.7 Å². The van der Waals surface area contributed by atoms with Gasteiger partial charge in [-0.15, -0.1) is 0 Å². The molecule has 0 spiro atoms. The monoisotopic (exact) mass is 302 g/mol. The quantitative estimate of drug-likeness (QED) is 0.917. The normalized spacial score (nSPS) is 24.4. The third-order valence-corrected chi connectivity index (χ3v) is 4.55. The van der Waals surface area contributed by atoms with Crippen molar-refractivity contribution in [3.8, 4) is 5.75 Å². The summed E-state index contributed by atoms with van der Waals surface area (Å²) < 4.78 is 5.20. The average Bonchev–Trinajstić information content (AvgIpc) is 2.76. The van der Waals surface area contributed by atoms with Crippen LogP contribution < -0.4 is 10.1 Å². The van der Waals surface area contributed by atoms with E-state index < -0.39 is 0 Å². The van der Waals surface area contributed by atoms with E-state index in [1.807, 2.05) is 29.2 Å². The molecular formula is C17H22N2O3. The first-order valence-electron chi connectivity index (χ1n) is 7.87. The second kappa shape index (κ2) is 6.38. The molecule has 0 aromatic heterocycles. The van der Waals surface area contributed by atoms with Gasteiger partial charge in [-0.3, -0.25) is 9.59 Å². The van der Waals surface area contributed by atoms with Gasteiger partial charge in [-0.2, -0.15) is 0 Å².